The summed E-state index contributed by atoms with van der Waals surface area (Å²) in [7, 11) is 0. The molecule has 2 aromatic rings. The average Bonchev–Trinajstić information content (AvgIpc) is 2.67. The lowest BCUT2D eigenvalue weighted by atomic mass is 10.1. The van der Waals surface area contributed by atoms with Crippen LogP contribution in [0.5, 0.6) is 0 Å². The molecule has 0 saturated heterocycles. The third kappa shape index (κ3) is 2.05. The summed E-state index contributed by atoms with van der Waals surface area (Å²) in [4.78, 5) is 0. The second-order valence-corrected chi connectivity index (χ2v) is 5.45. The molecule has 0 radical (unpaired) electrons. The van der Waals surface area contributed by atoms with E-state index in [1.807, 2.05) is 4.68 Å². The van der Waals surface area contributed by atoms with E-state index in [1.54, 1.807) is 12.1 Å². The zero-order valence-electron chi connectivity index (χ0n) is 9.86. The molecule has 5 heteroatoms. The van der Waals surface area contributed by atoms with Gasteiger partial charge in [0.2, 0.25) is 0 Å². The average molecular weight is 358 g/mol. The van der Waals surface area contributed by atoms with Gasteiger partial charge < -0.3 is 4.74 Å². The van der Waals surface area contributed by atoms with E-state index in [2.05, 4.69) is 34.6 Å². The molecule has 0 saturated carbocycles. The van der Waals surface area contributed by atoms with Gasteiger partial charge in [-0.25, -0.2) is 9.07 Å². The van der Waals surface area contributed by atoms with Crippen LogP contribution in [0.1, 0.15) is 18.2 Å². The van der Waals surface area contributed by atoms with Gasteiger partial charge in [0.25, 0.3) is 0 Å². The highest BCUT2D eigenvalue weighted by Gasteiger charge is 2.24. The van der Waals surface area contributed by atoms with Crippen molar-refractivity contribution in [1.29, 1.82) is 0 Å². The summed E-state index contributed by atoms with van der Waals surface area (Å²) in [5, 5.41) is 4.53. The third-order valence-electron chi connectivity index (χ3n) is 3.11. The number of halogens is 2. The molecule has 94 valence electrons. The maximum atomic E-state index is 13.0. The predicted molar refractivity (Wildman–Crippen MR) is 74.2 cm³/mol. The maximum absolute atomic E-state index is 13.0. The molecule has 3 rings (SSSR count). The Morgan fingerprint density at radius 1 is 1.39 bits per heavy atom. The van der Waals surface area contributed by atoms with Crippen LogP contribution in [0, 0.1) is 9.52 Å². The van der Waals surface area contributed by atoms with Crippen LogP contribution in [0.3, 0.4) is 0 Å². The van der Waals surface area contributed by atoms with Gasteiger partial charge in [-0.05, 0) is 53.8 Å². The van der Waals surface area contributed by atoms with E-state index < -0.39 is 0 Å². The smallest absolute Gasteiger partial charge is 0.129 e. The summed E-state index contributed by atoms with van der Waals surface area (Å²) in [6.45, 7) is 2.66. The molecular weight excluding hydrogens is 346 g/mol. The first-order valence-electron chi connectivity index (χ1n) is 5.79. The van der Waals surface area contributed by atoms with Crippen LogP contribution in [-0.4, -0.2) is 15.9 Å². The van der Waals surface area contributed by atoms with Crippen LogP contribution < -0.4 is 0 Å². The summed E-state index contributed by atoms with van der Waals surface area (Å²) in [6, 6.07) is 6.41. The minimum absolute atomic E-state index is 0.198. The number of fused-ring (bicyclic) bond motifs is 1. The molecule has 2 heterocycles. The molecule has 3 nitrogen and oxygen atoms in total. The molecule has 1 aromatic carbocycles. The van der Waals surface area contributed by atoms with E-state index in [0.29, 0.717) is 6.61 Å². The van der Waals surface area contributed by atoms with Crippen molar-refractivity contribution in [3.8, 4) is 5.69 Å². The van der Waals surface area contributed by atoms with Gasteiger partial charge in [0.05, 0.1) is 24.1 Å². The van der Waals surface area contributed by atoms with Crippen LogP contribution in [0.25, 0.3) is 5.69 Å². The van der Waals surface area contributed by atoms with Crippen LogP contribution >= 0.6 is 22.6 Å². The maximum Gasteiger partial charge on any atom is 0.129 e. The number of aromatic nitrogens is 2. The van der Waals surface area contributed by atoms with E-state index in [1.165, 1.54) is 17.8 Å². The molecule has 0 spiro atoms. The van der Waals surface area contributed by atoms with Crippen molar-refractivity contribution in [2.45, 2.75) is 26.1 Å². The highest BCUT2D eigenvalue weighted by atomic mass is 127. The van der Waals surface area contributed by atoms with Crippen LogP contribution in [0.2, 0.25) is 0 Å². The van der Waals surface area contributed by atoms with Crippen molar-refractivity contribution in [3.05, 3.63) is 45.0 Å². The monoisotopic (exact) mass is 358 g/mol. The fraction of sp³-hybridized carbons (Fsp3) is 0.308. The van der Waals surface area contributed by atoms with Gasteiger partial charge in [-0.2, -0.15) is 5.10 Å². The first kappa shape index (κ1) is 12.1. The van der Waals surface area contributed by atoms with Crippen molar-refractivity contribution in [2.75, 3.05) is 0 Å². The van der Waals surface area contributed by atoms with Crippen molar-refractivity contribution in [2.24, 2.45) is 0 Å². The SMILES string of the molecule is C[C@H]1Cc2c(c(I)nn2-c2ccc(F)cc2)CO1. The van der Waals surface area contributed by atoms with Crippen molar-refractivity contribution in [1.82, 2.24) is 9.78 Å². The molecule has 1 atom stereocenters. The Bertz CT molecular complexity index is 579. The highest BCUT2D eigenvalue weighted by Crippen LogP contribution is 2.27. The van der Waals surface area contributed by atoms with Gasteiger partial charge in [0.1, 0.15) is 9.52 Å². The number of hydrogen-bond donors (Lipinski definition) is 0. The van der Waals surface area contributed by atoms with Crippen LogP contribution in [0.4, 0.5) is 4.39 Å². The molecule has 1 aliphatic rings. The zero-order valence-corrected chi connectivity index (χ0v) is 12.0. The number of ether oxygens (including phenoxy) is 1. The van der Waals surface area contributed by atoms with E-state index >= 15 is 0 Å². The van der Waals surface area contributed by atoms with Crippen molar-refractivity contribution < 1.29 is 9.13 Å². The Kier molecular flexibility index (Phi) is 3.11. The minimum Gasteiger partial charge on any atom is -0.373 e. The predicted octanol–water partition coefficient (Wildman–Crippen LogP) is 3.08. The van der Waals surface area contributed by atoms with Crippen LogP contribution in [0.15, 0.2) is 24.3 Å². The van der Waals surface area contributed by atoms with Gasteiger partial charge >= 0.3 is 0 Å². The summed E-state index contributed by atoms with van der Waals surface area (Å²) in [5.74, 6) is -0.230. The van der Waals surface area contributed by atoms with Crippen LogP contribution in [-0.2, 0) is 17.8 Å². The second-order valence-electron chi connectivity index (χ2n) is 4.43. The number of rotatable bonds is 1. The lowest BCUT2D eigenvalue weighted by Crippen LogP contribution is -2.21. The van der Waals surface area contributed by atoms with E-state index in [-0.39, 0.29) is 11.9 Å². The summed E-state index contributed by atoms with van der Waals surface area (Å²) in [5.41, 5.74) is 3.22. The normalized spacial score (nSPS) is 18.7. The Hall–Kier alpha value is -0.950. The molecule has 0 N–H and O–H groups in total. The van der Waals surface area contributed by atoms with Gasteiger partial charge in [-0.1, -0.05) is 0 Å². The topological polar surface area (TPSA) is 27.1 Å². The molecule has 0 unspecified atom stereocenters. The van der Waals surface area contributed by atoms with Crippen molar-refractivity contribution in [3.63, 3.8) is 0 Å². The standard InChI is InChI=1S/C13H12FIN2O/c1-8-6-12-11(7-18-8)13(15)16-17(12)10-4-2-9(14)3-5-10/h2-5,8H,6-7H2,1H3/t8-/m0/s1. The summed E-state index contributed by atoms with van der Waals surface area (Å²) >= 11 is 2.22. The number of nitrogens with zero attached hydrogens (tertiary/aromatic N) is 2. The number of hydrogen-bond acceptors (Lipinski definition) is 2. The third-order valence-corrected chi connectivity index (χ3v) is 3.97. The largest absolute Gasteiger partial charge is 0.373 e. The van der Waals surface area contributed by atoms with Gasteiger partial charge in [-0.3, -0.25) is 0 Å². The molecule has 0 fully saturated rings. The molecule has 1 aromatic heterocycles. The molecule has 18 heavy (non-hydrogen) atoms. The molecule has 0 aliphatic carbocycles. The van der Waals surface area contributed by atoms with E-state index in [0.717, 1.165) is 21.4 Å². The van der Waals surface area contributed by atoms with Crippen molar-refractivity contribution >= 4 is 22.6 Å². The minimum atomic E-state index is -0.230. The fourth-order valence-electron chi connectivity index (χ4n) is 2.16. The Morgan fingerprint density at radius 2 is 2.11 bits per heavy atom. The molecular formula is C13H12FIN2O. The number of benzene rings is 1. The van der Waals surface area contributed by atoms with Gasteiger partial charge in [0.15, 0.2) is 0 Å². The highest BCUT2D eigenvalue weighted by molar-refractivity contribution is 14.1. The zero-order chi connectivity index (χ0) is 12.7. The molecule has 0 amide bonds. The first-order valence-corrected chi connectivity index (χ1v) is 6.87. The van der Waals surface area contributed by atoms with Gasteiger partial charge in [-0.15, -0.1) is 0 Å². The lowest BCUT2D eigenvalue weighted by Gasteiger charge is -2.20. The second kappa shape index (κ2) is 4.62. The van der Waals surface area contributed by atoms with E-state index in [9.17, 15) is 4.39 Å². The summed E-state index contributed by atoms with van der Waals surface area (Å²) < 4.78 is 21.4. The Balaban J connectivity index is 2.10. The lowest BCUT2D eigenvalue weighted by molar-refractivity contribution is 0.0395. The molecule has 0 bridgehead atoms. The van der Waals surface area contributed by atoms with E-state index in [4.69, 9.17) is 4.74 Å². The fourth-order valence-corrected chi connectivity index (χ4v) is 2.84. The molecule has 1 aliphatic heterocycles. The Morgan fingerprint density at radius 3 is 2.83 bits per heavy atom. The quantitative estimate of drug-likeness (QED) is 0.733. The summed E-state index contributed by atoms with van der Waals surface area (Å²) in [6.07, 6.45) is 1.03. The van der Waals surface area contributed by atoms with Gasteiger partial charge in [0, 0.05) is 12.0 Å². The first-order chi connectivity index (χ1) is 8.65. The Labute approximate surface area is 118 Å².